The lowest BCUT2D eigenvalue weighted by atomic mass is 9.68. The van der Waals surface area contributed by atoms with Crippen LogP contribution in [0.15, 0.2) is 18.2 Å². The van der Waals surface area contributed by atoms with E-state index in [2.05, 4.69) is 6.07 Å². The van der Waals surface area contributed by atoms with Crippen molar-refractivity contribution in [2.45, 2.75) is 38.0 Å². The summed E-state index contributed by atoms with van der Waals surface area (Å²) in [7, 11) is 1.65. The molecule has 2 aliphatic rings. The van der Waals surface area contributed by atoms with E-state index < -0.39 is 0 Å². The number of ether oxygens (including phenoxy) is 1. The second-order valence-corrected chi connectivity index (χ2v) is 5.23. The molecule has 0 bridgehead atoms. The molecule has 0 radical (unpaired) electrons. The van der Waals surface area contributed by atoms with Gasteiger partial charge in [0.2, 0.25) is 0 Å². The Kier molecular flexibility index (Phi) is 2.65. The Morgan fingerprint density at radius 3 is 2.88 bits per heavy atom. The van der Waals surface area contributed by atoms with Crippen molar-refractivity contribution < 1.29 is 9.53 Å². The summed E-state index contributed by atoms with van der Waals surface area (Å²) < 4.78 is 5.21. The highest BCUT2D eigenvalue weighted by molar-refractivity contribution is 5.99. The lowest BCUT2D eigenvalue weighted by Gasteiger charge is -2.36. The molecule has 0 N–H and O–H groups in total. The molecule has 2 atom stereocenters. The molecule has 2 heteroatoms. The molecule has 1 saturated carbocycles. The van der Waals surface area contributed by atoms with Gasteiger partial charge in [-0.1, -0.05) is 18.9 Å². The van der Waals surface area contributed by atoms with Crippen molar-refractivity contribution in [3.05, 3.63) is 29.3 Å². The van der Waals surface area contributed by atoms with Crippen LogP contribution in [-0.4, -0.2) is 12.9 Å². The molecule has 0 heterocycles. The molecular weight excluding hydrogens is 212 g/mol. The maximum atomic E-state index is 12.2. The summed E-state index contributed by atoms with van der Waals surface area (Å²) in [6.45, 7) is 0. The first-order valence-electron chi connectivity index (χ1n) is 6.50. The number of hydrogen-bond donors (Lipinski definition) is 0. The number of Topliss-reactive ketones (excluding diaryl/α,β-unsaturated/α-hetero) is 1. The van der Waals surface area contributed by atoms with Gasteiger partial charge in [-0.3, -0.25) is 4.79 Å². The van der Waals surface area contributed by atoms with E-state index in [0.29, 0.717) is 17.6 Å². The van der Waals surface area contributed by atoms with Crippen molar-refractivity contribution in [1.82, 2.24) is 0 Å². The zero-order valence-corrected chi connectivity index (χ0v) is 10.2. The highest BCUT2D eigenvalue weighted by Gasteiger charge is 2.35. The fourth-order valence-electron chi connectivity index (χ4n) is 3.44. The van der Waals surface area contributed by atoms with Crippen LogP contribution in [0.2, 0.25) is 0 Å². The summed E-state index contributed by atoms with van der Waals surface area (Å²) >= 11 is 0. The Morgan fingerprint density at radius 2 is 2.06 bits per heavy atom. The maximum Gasteiger partial charge on any atom is 0.163 e. The Balaban J connectivity index is 2.04. The lowest BCUT2D eigenvalue weighted by molar-refractivity contribution is 0.0919. The molecule has 17 heavy (non-hydrogen) atoms. The minimum atomic E-state index is 0.307. The highest BCUT2D eigenvalue weighted by atomic mass is 16.5. The molecule has 0 saturated heterocycles. The monoisotopic (exact) mass is 230 g/mol. The van der Waals surface area contributed by atoms with Crippen molar-refractivity contribution in [2.24, 2.45) is 5.92 Å². The fourth-order valence-corrected chi connectivity index (χ4v) is 3.44. The zero-order chi connectivity index (χ0) is 11.8. The van der Waals surface area contributed by atoms with E-state index in [9.17, 15) is 4.79 Å². The van der Waals surface area contributed by atoms with Crippen LogP contribution < -0.4 is 4.74 Å². The van der Waals surface area contributed by atoms with Crippen LogP contribution in [0.5, 0.6) is 5.75 Å². The number of carbonyl (C=O) groups is 1. The Morgan fingerprint density at radius 1 is 1.24 bits per heavy atom. The van der Waals surface area contributed by atoms with E-state index in [1.807, 2.05) is 12.1 Å². The van der Waals surface area contributed by atoms with Gasteiger partial charge in [0.25, 0.3) is 0 Å². The first kappa shape index (κ1) is 10.8. The minimum absolute atomic E-state index is 0.307. The normalized spacial score (nSPS) is 27.2. The van der Waals surface area contributed by atoms with Crippen LogP contribution >= 0.6 is 0 Å². The second kappa shape index (κ2) is 4.17. The van der Waals surface area contributed by atoms with Gasteiger partial charge in [0.05, 0.1) is 7.11 Å². The summed E-state index contributed by atoms with van der Waals surface area (Å²) in [4.78, 5) is 12.2. The van der Waals surface area contributed by atoms with Crippen LogP contribution in [0.1, 0.15) is 53.9 Å². The van der Waals surface area contributed by atoms with E-state index in [-0.39, 0.29) is 0 Å². The maximum absolute atomic E-state index is 12.2. The van der Waals surface area contributed by atoms with Crippen molar-refractivity contribution in [1.29, 1.82) is 0 Å². The second-order valence-electron chi connectivity index (χ2n) is 5.23. The van der Waals surface area contributed by atoms with Gasteiger partial charge in [-0.15, -0.1) is 0 Å². The van der Waals surface area contributed by atoms with Crippen molar-refractivity contribution in [3.63, 3.8) is 0 Å². The number of ketones is 1. The van der Waals surface area contributed by atoms with E-state index in [1.165, 1.54) is 31.2 Å². The van der Waals surface area contributed by atoms with E-state index >= 15 is 0 Å². The fraction of sp³-hybridized carbons (Fsp3) is 0.533. The molecule has 90 valence electrons. The largest absolute Gasteiger partial charge is 0.497 e. The summed E-state index contributed by atoms with van der Waals surface area (Å²) in [6.07, 6.45) is 5.81. The molecule has 0 amide bonds. The predicted octanol–water partition coefficient (Wildman–Crippen LogP) is 3.56. The van der Waals surface area contributed by atoms with Gasteiger partial charge >= 0.3 is 0 Å². The Labute approximate surface area is 102 Å². The minimum Gasteiger partial charge on any atom is -0.497 e. The van der Waals surface area contributed by atoms with Gasteiger partial charge in [0.1, 0.15) is 5.75 Å². The summed E-state index contributed by atoms with van der Waals surface area (Å²) in [5.74, 6) is 2.31. The van der Waals surface area contributed by atoms with Crippen LogP contribution in [0.4, 0.5) is 0 Å². The molecule has 1 fully saturated rings. The zero-order valence-electron chi connectivity index (χ0n) is 10.2. The molecule has 2 unspecified atom stereocenters. The average molecular weight is 230 g/mol. The SMILES string of the molecule is COc1ccc2c(c1)C(=O)CC1CCCCC21. The third kappa shape index (κ3) is 1.76. The predicted molar refractivity (Wildman–Crippen MR) is 66.6 cm³/mol. The average Bonchev–Trinajstić information content (AvgIpc) is 2.38. The van der Waals surface area contributed by atoms with E-state index in [0.717, 1.165) is 17.7 Å². The van der Waals surface area contributed by atoms with E-state index in [1.54, 1.807) is 7.11 Å². The molecule has 0 spiro atoms. The molecule has 0 aromatic heterocycles. The number of benzene rings is 1. The molecule has 2 aliphatic carbocycles. The van der Waals surface area contributed by atoms with Gasteiger partial charge < -0.3 is 4.74 Å². The van der Waals surface area contributed by atoms with Gasteiger partial charge in [-0.25, -0.2) is 0 Å². The van der Waals surface area contributed by atoms with Crippen molar-refractivity contribution in [2.75, 3.05) is 7.11 Å². The summed E-state index contributed by atoms with van der Waals surface area (Å²) in [5.41, 5.74) is 2.18. The molecule has 0 aliphatic heterocycles. The van der Waals surface area contributed by atoms with Gasteiger partial charge in [0, 0.05) is 12.0 Å². The highest BCUT2D eigenvalue weighted by Crippen LogP contribution is 2.45. The Bertz CT molecular complexity index is 450. The third-order valence-corrected chi connectivity index (χ3v) is 4.32. The van der Waals surface area contributed by atoms with Crippen LogP contribution in [0.25, 0.3) is 0 Å². The molecule has 1 aromatic rings. The molecular formula is C15H18O2. The smallest absolute Gasteiger partial charge is 0.163 e. The quantitative estimate of drug-likeness (QED) is 0.737. The van der Waals surface area contributed by atoms with Crippen LogP contribution in [0.3, 0.4) is 0 Å². The molecule has 3 rings (SSSR count). The summed E-state index contributed by atoms with van der Waals surface area (Å²) in [6, 6.07) is 6.01. The number of rotatable bonds is 1. The Hall–Kier alpha value is -1.31. The third-order valence-electron chi connectivity index (χ3n) is 4.32. The van der Waals surface area contributed by atoms with Crippen molar-refractivity contribution >= 4 is 5.78 Å². The van der Waals surface area contributed by atoms with Crippen molar-refractivity contribution in [3.8, 4) is 5.75 Å². The number of methoxy groups -OCH3 is 1. The number of carbonyl (C=O) groups excluding carboxylic acids is 1. The van der Waals surface area contributed by atoms with Gasteiger partial charge in [-0.2, -0.15) is 0 Å². The van der Waals surface area contributed by atoms with Gasteiger partial charge in [-0.05, 0) is 42.4 Å². The van der Waals surface area contributed by atoms with Crippen LogP contribution in [-0.2, 0) is 0 Å². The molecule has 1 aromatic carbocycles. The first-order chi connectivity index (χ1) is 8.29. The van der Waals surface area contributed by atoms with Gasteiger partial charge in [0.15, 0.2) is 5.78 Å². The van der Waals surface area contributed by atoms with E-state index in [4.69, 9.17) is 4.74 Å². The standard InChI is InChI=1S/C15H18O2/c1-17-11-6-7-13-12-5-3-2-4-10(12)8-15(16)14(13)9-11/h6-7,9-10,12H,2-5,8H2,1H3. The number of hydrogen-bond acceptors (Lipinski definition) is 2. The topological polar surface area (TPSA) is 26.3 Å². The van der Waals surface area contributed by atoms with Crippen LogP contribution in [0, 0.1) is 5.92 Å². The molecule has 2 nitrogen and oxygen atoms in total. The summed E-state index contributed by atoms with van der Waals surface area (Å²) in [5, 5.41) is 0. The first-order valence-corrected chi connectivity index (χ1v) is 6.50. The lowest BCUT2D eigenvalue weighted by Crippen LogP contribution is -2.27. The number of fused-ring (bicyclic) bond motifs is 3.